The van der Waals surface area contributed by atoms with Crippen LogP contribution in [0.2, 0.25) is 0 Å². The summed E-state index contributed by atoms with van der Waals surface area (Å²) in [5.41, 5.74) is 3.85. The molecule has 0 saturated carbocycles. The second-order valence-electron chi connectivity index (χ2n) is 4.17. The molecule has 18 heavy (non-hydrogen) atoms. The Balaban J connectivity index is 2.52. The largest absolute Gasteiger partial charge is 0.344 e. The van der Waals surface area contributed by atoms with Crippen LogP contribution < -0.4 is 4.90 Å². The van der Waals surface area contributed by atoms with Gasteiger partial charge in [-0.1, -0.05) is 34.1 Å². The van der Waals surface area contributed by atoms with Crippen LogP contribution in [-0.2, 0) is 0 Å². The maximum atomic E-state index is 11.1. The molecule has 0 amide bonds. The molecule has 2 rings (SSSR count). The van der Waals surface area contributed by atoms with Gasteiger partial charge in [0.05, 0.1) is 5.69 Å². The van der Waals surface area contributed by atoms with E-state index in [0.717, 1.165) is 22.1 Å². The third-order valence-corrected chi connectivity index (χ3v) is 3.45. The summed E-state index contributed by atoms with van der Waals surface area (Å²) in [5, 5.41) is 0. The number of nitrogens with zero attached hydrogens (tertiary/aromatic N) is 1. The first-order chi connectivity index (χ1) is 8.63. The fraction of sp³-hybridized carbons (Fsp3) is 0.133. The number of carbonyl (C=O) groups excluding carboxylic acids is 1. The molecular weight excluding hydrogens is 290 g/mol. The molecule has 0 aliphatic carbocycles. The fourth-order valence-corrected chi connectivity index (χ4v) is 2.33. The molecule has 0 bridgehead atoms. The number of anilines is 2. The van der Waals surface area contributed by atoms with E-state index in [9.17, 15) is 4.79 Å². The summed E-state index contributed by atoms with van der Waals surface area (Å²) in [6, 6.07) is 13.8. The van der Waals surface area contributed by atoms with Gasteiger partial charge in [0.25, 0.3) is 0 Å². The number of carbonyl (C=O) groups is 1. The monoisotopic (exact) mass is 303 g/mol. The van der Waals surface area contributed by atoms with Crippen molar-refractivity contribution in [2.24, 2.45) is 0 Å². The van der Waals surface area contributed by atoms with Gasteiger partial charge in [0.15, 0.2) is 6.29 Å². The van der Waals surface area contributed by atoms with Crippen molar-refractivity contribution in [2.75, 3.05) is 11.9 Å². The summed E-state index contributed by atoms with van der Waals surface area (Å²) in [7, 11) is 1.97. The van der Waals surface area contributed by atoms with Gasteiger partial charge in [-0.05, 0) is 36.8 Å². The van der Waals surface area contributed by atoms with Gasteiger partial charge in [-0.3, -0.25) is 4.79 Å². The third kappa shape index (κ3) is 2.46. The van der Waals surface area contributed by atoms with Crippen LogP contribution in [0.25, 0.3) is 0 Å². The molecule has 92 valence electrons. The van der Waals surface area contributed by atoms with Crippen molar-refractivity contribution in [1.82, 2.24) is 0 Å². The van der Waals surface area contributed by atoms with E-state index in [0.29, 0.717) is 5.56 Å². The van der Waals surface area contributed by atoms with Crippen LogP contribution >= 0.6 is 15.9 Å². The van der Waals surface area contributed by atoms with Crippen LogP contribution in [0.5, 0.6) is 0 Å². The molecule has 0 fully saturated rings. The van der Waals surface area contributed by atoms with E-state index in [2.05, 4.69) is 28.9 Å². The topological polar surface area (TPSA) is 20.3 Å². The standard InChI is InChI=1S/C15H14BrNO/c1-11-5-3-4-6-14(11)17(2)15-9-13(16)8-7-12(15)10-18/h3-10H,1-2H3. The van der Waals surface area contributed by atoms with Gasteiger partial charge >= 0.3 is 0 Å². The number of rotatable bonds is 3. The van der Waals surface area contributed by atoms with E-state index in [1.807, 2.05) is 48.3 Å². The second kappa shape index (κ2) is 5.36. The lowest BCUT2D eigenvalue weighted by atomic mass is 10.1. The van der Waals surface area contributed by atoms with Gasteiger partial charge in [0.2, 0.25) is 0 Å². The van der Waals surface area contributed by atoms with Crippen molar-refractivity contribution < 1.29 is 4.79 Å². The molecule has 0 aliphatic rings. The highest BCUT2D eigenvalue weighted by molar-refractivity contribution is 9.10. The number of aldehydes is 1. The minimum absolute atomic E-state index is 0.684. The SMILES string of the molecule is Cc1ccccc1N(C)c1cc(Br)ccc1C=O. The minimum atomic E-state index is 0.684. The smallest absolute Gasteiger partial charge is 0.152 e. The van der Waals surface area contributed by atoms with Gasteiger partial charge < -0.3 is 4.90 Å². The molecule has 0 atom stereocenters. The summed E-state index contributed by atoms with van der Waals surface area (Å²) in [5.74, 6) is 0. The molecule has 3 heteroatoms. The molecule has 0 saturated heterocycles. The Labute approximate surface area is 115 Å². The molecule has 0 aliphatic heterocycles. The van der Waals surface area contributed by atoms with Crippen LogP contribution in [0.15, 0.2) is 46.9 Å². The molecular formula is C15H14BrNO. The zero-order valence-corrected chi connectivity index (χ0v) is 11.9. The van der Waals surface area contributed by atoms with Gasteiger partial charge in [-0.2, -0.15) is 0 Å². The van der Waals surface area contributed by atoms with Crippen molar-refractivity contribution in [3.63, 3.8) is 0 Å². The highest BCUT2D eigenvalue weighted by Crippen LogP contribution is 2.30. The van der Waals surface area contributed by atoms with E-state index in [1.54, 1.807) is 0 Å². The summed E-state index contributed by atoms with van der Waals surface area (Å²) in [6.07, 6.45) is 0.885. The Morgan fingerprint density at radius 2 is 1.83 bits per heavy atom. The highest BCUT2D eigenvalue weighted by atomic mass is 79.9. The van der Waals surface area contributed by atoms with E-state index in [4.69, 9.17) is 0 Å². The van der Waals surface area contributed by atoms with Crippen molar-refractivity contribution in [2.45, 2.75) is 6.92 Å². The first-order valence-electron chi connectivity index (χ1n) is 5.67. The number of halogens is 1. The molecule has 0 unspecified atom stereocenters. The summed E-state index contributed by atoms with van der Waals surface area (Å²) >= 11 is 3.44. The van der Waals surface area contributed by atoms with Crippen molar-refractivity contribution in [1.29, 1.82) is 0 Å². The Bertz CT molecular complexity index is 580. The maximum absolute atomic E-state index is 11.1. The Morgan fingerprint density at radius 3 is 2.50 bits per heavy atom. The van der Waals surface area contributed by atoms with Crippen molar-refractivity contribution >= 4 is 33.6 Å². The normalized spacial score (nSPS) is 10.2. The van der Waals surface area contributed by atoms with Crippen LogP contribution in [0.1, 0.15) is 15.9 Å². The first kappa shape index (κ1) is 12.8. The molecule has 0 spiro atoms. The molecule has 2 nitrogen and oxygen atoms in total. The lowest BCUT2D eigenvalue weighted by Crippen LogP contribution is -2.12. The zero-order valence-electron chi connectivity index (χ0n) is 10.4. The average molecular weight is 304 g/mol. The number of benzene rings is 2. The molecule has 0 N–H and O–H groups in total. The molecule has 2 aromatic rings. The van der Waals surface area contributed by atoms with Gasteiger partial charge in [-0.25, -0.2) is 0 Å². The Morgan fingerprint density at radius 1 is 1.11 bits per heavy atom. The van der Waals surface area contributed by atoms with Crippen LogP contribution in [0, 0.1) is 6.92 Å². The summed E-state index contributed by atoms with van der Waals surface area (Å²) in [6.45, 7) is 2.06. The summed E-state index contributed by atoms with van der Waals surface area (Å²) in [4.78, 5) is 13.1. The Kier molecular flexibility index (Phi) is 3.82. The number of aryl methyl sites for hydroxylation is 1. The van der Waals surface area contributed by atoms with Crippen molar-refractivity contribution in [3.8, 4) is 0 Å². The quantitative estimate of drug-likeness (QED) is 0.786. The van der Waals surface area contributed by atoms with E-state index in [1.165, 1.54) is 5.56 Å². The van der Waals surface area contributed by atoms with Crippen LogP contribution in [0.3, 0.4) is 0 Å². The number of hydrogen-bond acceptors (Lipinski definition) is 2. The fourth-order valence-electron chi connectivity index (χ4n) is 1.98. The first-order valence-corrected chi connectivity index (χ1v) is 6.47. The number of hydrogen-bond donors (Lipinski definition) is 0. The van der Waals surface area contributed by atoms with Gasteiger partial charge in [0.1, 0.15) is 0 Å². The van der Waals surface area contributed by atoms with Crippen molar-refractivity contribution in [3.05, 3.63) is 58.1 Å². The highest BCUT2D eigenvalue weighted by Gasteiger charge is 2.11. The summed E-state index contributed by atoms with van der Waals surface area (Å²) < 4.78 is 0.962. The molecule has 0 heterocycles. The predicted octanol–water partition coefficient (Wildman–Crippen LogP) is 4.34. The molecule has 0 aromatic heterocycles. The predicted molar refractivity (Wildman–Crippen MR) is 78.8 cm³/mol. The second-order valence-corrected chi connectivity index (χ2v) is 5.08. The molecule has 0 radical (unpaired) electrons. The van der Waals surface area contributed by atoms with Gasteiger partial charge in [0, 0.05) is 22.8 Å². The van der Waals surface area contributed by atoms with E-state index < -0.39 is 0 Å². The molecule has 2 aromatic carbocycles. The van der Waals surface area contributed by atoms with E-state index in [-0.39, 0.29) is 0 Å². The lowest BCUT2D eigenvalue weighted by Gasteiger charge is -2.23. The van der Waals surface area contributed by atoms with Gasteiger partial charge in [-0.15, -0.1) is 0 Å². The maximum Gasteiger partial charge on any atom is 0.152 e. The minimum Gasteiger partial charge on any atom is -0.344 e. The Hall–Kier alpha value is -1.61. The third-order valence-electron chi connectivity index (χ3n) is 2.96. The van der Waals surface area contributed by atoms with Crippen LogP contribution in [0.4, 0.5) is 11.4 Å². The van der Waals surface area contributed by atoms with E-state index >= 15 is 0 Å². The lowest BCUT2D eigenvalue weighted by molar-refractivity contribution is 0.112. The average Bonchev–Trinajstić information content (AvgIpc) is 2.38. The zero-order chi connectivity index (χ0) is 13.1. The van der Waals surface area contributed by atoms with Crippen LogP contribution in [-0.4, -0.2) is 13.3 Å². The number of para-hydroxylation sites is 1.